The lowest BCUT2D eigenvalue weighted by Crippen LogP contribution is -2.58. The SMILES string of the molecule is CC(=O)[C@@H]1[C@H]2c3ccccc3O[C@]1(C)N=c1s/c(=C\c3cccc([N+](=O)[O-])c3)c(=O)n12. The lowest BCUT2D eigenvalue weighted by atomic mass is 9.79. The highest BCUT2D eigenvalue weighted by Crippen LogP contribution is 2.47. The summed E-state index contributed by atoms with van der Waals surface area (Å²) >= 11 is 1.18. The Kier molecular flexibility index (Phi) is 4.19. The van der Waals surface area contributed by atoms with Crippen molar-refractivity contribution in [2.24, 2.45) is 10.9 Å². The number of nitro groups is 1. The van der Waals surface area contributed by atoms with E-state index in [4.69, 9.17) is 4.74 Å². The summed E-state index contributed by atoms with van der Waals surface area (Å²) in [5.74, 6) is -0.157. The highest BCUT2D eigenvalue weighted by molar-refractivity contribution is 7.07. The summed E-state index contributed by atoms with van der Waals surface area (Å²) in [5, 5.41) is 11.1. The van der Waals surface area contributed by atoms with Crippen molar-refractivity contribution in [1.82, 2.24) is 4.57 Å². The van der Waals surface area contributed by atoms with Crippen molar-refractivity contribution < 1.29 is 14.5 Å². The van der Waals surface area contributed by atoms with E-state index < -0.39 is 22.6 Å². The van der Waals surface area contributed by atoms with Crippen LogP contribution in [0.4, 0.5) is 5.69 Å². The zero-order valence-electron chi connectivity index (χ0n) is 16.6. The maximum Gasteiger partial charge on any atom is 0.270 e. The van der Waals surface area contributed by atoms with Crippen LogP contribution in [-0.4, -0.2) is 21.0 Å². The Balaban J connectivity index is 1.77. The number of nitro benzene ring substituents is 1. The smallest absolute Gasteiger partial charge is 0.270 e. The third-order valence-corrected chi connectivity index (χ3v) is 6.68. The second-order valence-electron chi connectivity index (χ2n) is 7.76. The van der Waals surface area contributed by atoms with Crippen LogP contribution in [0.3, 0.4) is 0 Å². The van der Waals surface area contributed by atoms with E-state index in [0.29, 0.717) is 20.6 Å². The number of aromatic nitrogens is 1. The van der Waals surface area contributed by atoms with Crippen molar-refractivity contribution in [3.8, 4) is 5.75 Å². The zero-order valence-corrected chi connectivity index (χ0v) is 17.5. The number of non-ortho nitro benzene ring substituents is 1. The van der Waals surface area contributed by atoms with E-state index in [1.165, 1.54) is 30.4 Å². The molecule has 2 aliphatic rings. The number of ether oxygens (including phenoxy) is 1. The number of benzene rings is 2. The molecule has 0 aliphatic carbocycles. The molecule has 2 bridgehead atoms. The molecule has 3 aromatic rings. The molecule has 0 saturated carbocycles. The van der Waals surface area contributed by atoms with Gasteiger partial charge < -0.3 is 4.74 Å². The summed E-state index contributed by atoms with van der Waals surface area (Å²) in [6, 6.07) is 12.9. The summed E-state index contributed by atoms with van der Waals surface area (Å²) < 4.78 is 8.09. The Hall–Kier alpha value is -3.59. The molecule has 2 aliphatic heterocycles. The first kappa shape index (κ1) is 19.4. The number of fused-ring (bicyclic) bond motifs is 6. The largest absolute Gasteiger partial charge is 0.465 e. The van der Waals surface area contributed by atoms with E-state index in [2.05, 4.69) is 4.99 Å². The topological polar surface area (TPSA) is 104 Å². The number of Topliss-reactive ketones (excluding diaryl/α,β-unsaturated/α-hetero) is 1. The number of thiazole rings is 1. The molecule has 0 N–H and O–H groups in total. The van der Waals surface area contributed by atoms with Crippen molar-refractivity contribution in [1.29, 1.82) is 0 Å². The first-order valence-corrected chi connectivity index (χ1v) is 10.5. The number of ketones is 1. The van der Waals surface area contributed by atoms with Gasteiger partial charge in [0.15, 0.2) is 4.80 Å². The van der Waals surface area contributed by atoms with Crippen LogP contribution < -0.4 is 19.6 Å². The molecule has 31 heavy (non-hydrogen) atoms. The average Bonchev–Trinajstić information content (AvgIpc) is 3.01. The molecule has 9 heteroatoms. The van der Waals surface area contributed by atoms with Gasteiger partial charge in [-0.05, 0) is 31.6 Å². The van der Waals surface area contributed by atoms with Gasteiger partial charge in [-0.15, -0.1) is 0 Å². The second-order valence-corrected chi connectivity index (χ2v) is 8.77. The highest BCUT2D eigenvalue weighted by atomic mass is 32.1. The third kappa shape index (κ3) is 2.92. The molecule has 1 aromatic heterocycles. The van der Waals surface area contributed by atoms with Crippen molar-refractivity contribution in [2.75, 3.05) is 0 Å². The first-order chi connectivity index (χ1) is 14.8. The van der Waals surface area contributed by atoms with Crippen molar-refractivity contribution in [3.63, 3.8) is 0 Å². The zero-order chi connectivity index (χ0) is 21.9. The fourth-order valence-corrected chi connectivity index (χ4v) is 5.53. The maximum absolute atomic E-state index is 13.4. The summed E-state index contributed by atoms with van der Waals surface area (Å²) in [6.45, 7) is 3.25. The molecular formula is C22H17N3O5S. The fourth-order valence-electron chi connectivity index (χ4n) is 4.44. The van der Waals surface area contributed by atoms with E-state index >= 15 is 0 Å². The molecule has 0 amide bonds. The van der Waals surface area contributed by atoms with Crippen molar-refractivity contribution >= 4 is 28.9 Å². The van der Waals surface area contributed by atoms with Crippen LogP contribution in [-0.2, 0) is 4.79 Å². The van der Waals surface area contributed by atoms with Gasteiger partial charge in [0.2, 0.25) is 5.72 Å². The predicted molar refractivity (Wildman–Crippen MR) is 114 cm³/mol. The molecule has 2 aromatic carbocycles. The minimum absolute atomic E-state index is 0.0535. The van der Waals surface area contributed by atoms with Crippen LogP contribution >= 0.6 is 11.3 Å². The van der Waals surface area contributed by atoms with Gasteiger partial charge in [0, 0.05) is 17.7 Å². The van der Waals surface area contributed by atoms with Gasteiger partial charge >= 0.3 is 0 Å². The molecule has 156 valence electrons. The number of rotatable bonds is 3. The summed E-state index contributed by atoms with van der Waals surface area (Å²) in [4.78, 5) is 41.8. The minimum atomic E-state index is -1.12. The van der Waals surface area contributed by atoms with Gasteiger partial charge in [-0.3, -0.25) is 24.3 Å². The lowest BCUT2D eigenvalue weighted by Gasteiger charge is -2.45. The monoisotopic (exact) mass is 435 g/mol. The summed E-state index contributed by atoms with van der Waals surface area (Å²) in [7, 11) is 0. The molecule has 5 rings (SSSR count). The Labute approximate surface area is 179 Å². The highest BCUT2D eigenvalue weighted by Gasteiger charge is 2.53. The molecule has 0 radical (unpaired) electrons. The van der Waals surface area contributed by atoms with Gasteiger partial charge in [-0.2, -0.15) is 0 Å². The van der Waals surface area contributed by atoms with Gasteiger partial charge in [0.25, 0.3) is 11.2 Å². The lowest BCUT2D eigenvalue weighted by molar-refractivity contribution is -0.384. The quantitative estimate of drug-likeness (QED) is 0.463. The van der Waals surface area contributed by atoms with Crippen molar-refractivity contribution in [2.45, 2.75) is 25.6 Å². The maximum atomic E-state index is 13.4. The van der Waals surface area contributed by atoms with Gasteiger partial charge in [-0.25, -0.2) is 4.99 Å². The Morgan fingerprint density at radius 3 is 2.81 bits per heavy atom. The number of carbonyl (C=O) groups excluding carboxylic acids is 1. The van der Waals surface area contributed by atoms with E-state index in [-0.39, 0.29) is 17.0 Å². The molecule has 0 saturated heterocycles. The van der Waals surface area contributed by atoms with E-state index in [1.54, 1.807) is 29.7 Å². The molecule has 3 atom stereocenters. The summed E-state index contributed by atoms with van der Waals surface area (Å²) in [5.41, 5.74) is -0.157. The van der Waals surface area contributed by atoms with Crippen LogP contribution in [0.1, 0.15) is 31.0 Å². The van der Waals surface area contributed by atoms with Crippen LogP contribution in [0.5, 0.6) is 5.75 Å². The Morgan fingerprint density at radius 2 is 2.06 bits per heavy atom. The first-order valence-electron chi connectivity index (χ1n) is 9.64. The minimum Gasteiger partial charge on any atom is -0.465 e. The molecule has 3 heterocycles. The molecule has 0 fully saturated rings. The van der Waals surface area contributed by atoms with E-state index in [0.717, 1.165) is 5.56 Å². The molecule has 8 nitrogen and oxygen atoms in total. The van der Waals surface area contributed by atoms with Crippen LogP contribution in [0.2, 0.25) is 0 Å². The number of para-hydroxylation sites is 1. The number of carbonyl (C=O) groups is 1. The van der Waals surface area contributed by atoms with Crippen molar-refractivity contribution in [3.05, 3.63) is 89.5 Å². The average molecular weight is 435 g/mol. The second kappa shape index (κ2) is 6.71. The standard InChI is InChI=1S/C22H17N3O5S/c1-12(26)18-19-15-8-3-4-9-16(15)30-22(18,2)23-21-24(19)20(27)17(31-21)11-13-6-5-7-14(10-13)25(28)29/h3-11,18-19H,1-2H3/b17-11-/t18-,19-,22+/m1/s1. The van der Waals surface area contributed by atoms with E-state index in [9.17, 15) is 19.7 Å². The molecular weight excluding hydrogens is 418 g/mol. The Bertz CT molecular complexity index is 1440. The third-order valence-electron chi connectivity index (χ3n) is 5.70. The number of hydrogen-bond donors (Lipinski definition) is 0. The predicted octanol–water partition coefficient (Wildman–Crippen LogP) is 2.18. The Morgan fingerprint density at radius 1 is 1.29 bits per heavy atom. The number of nitrogens with zero attached hydrogens (tertiary/aromatic N) is 3. The molecule has 0 spiro atoms. The van der Waals surface area contributed by atoms with Gasteiger partial charge in [0.05, 0.1) is 15.5 Å². The van der Waals surface area contributed by atoms with E-state index in [1.807, 2.05) is 24.3 Å². The van der Waals surface area contributed by atoms with Crippen LogP contribution in [0, 0.1) is 16.0 Å². The fraction of sp³-hybridized carbons (Fsp3) is 0.227. The normalized spacial score (nSPS) is 23.9. The number of hydrogen-bond acceptors (Lipinski definition) is 7. The van der Waals surface area contributed by atoms with Crippen LogP contribution in [0.25, 0.3) is 6.08 Å². The van der Waals surface area contributed by atoms with Crippen LogP contribution in [0.15, 0.2) is 58.3 Å². The molecule has 0 unspecified atom stereocenters. The van der Waals surface area contributed by atoms with Gasteiger partial charge in [-0.1, -0.05) is 41.7 Å². The summed E-state index contributed by atoms with van der Waals surface area (Å²) in [6.07, 6.45) is 1.61. The van der Waals surface area contributed by atoms with Gasteiger partial charge in [0.1, 0.15) is 17.5 Å².